The normalized spacial score (nSPS) is 18.3. The van der Waals surface area contributed by atoms with Crippen LogP contribution in [0.2, 0.25) is 10.0 Å². The second-order valence-electron chi connectivity index (χ2n) is 5.11. The van der Waals surface area contributed by atoms with Crippen LogP contribution in [-0.4, -0.2) is 25.8 Å². The minimum Gasteiger partial charge on any atom is -0.377 e. The summed E-state index contributed by atoms with van der Waals surface area (Å²) in [5.41, 5.74) is 1.19. The van der Waals surface area contributed by atoms with E-state index in [-0.39, 0.29) is 0 Å². The van der Waals surface area contributed by atoms with Crippen molar-refractivity contribution < 1.29 is 4.74 Å². The van der Waals surface area contributed by atoms with Gasteiger partial charge in [-0.1, -0.05) is 29.3 Å². The smallest absolute Gasteiger partial charge is 0.0759 e. The Morgan fingerprint density at radius 1 is 1.32 bits per heavy atom. The molecule has 1 saturated carbocycles. The van der Waals surface area contributed by atoms with Gasteiger partial charge in [-0.15, -0.1) is 0 Å². The summed E-state index contributed by atoms with van der Waals surface area (Å²) >= 11 is 12.0. The number of benzene rings is 1. The van der Waals surface area contributed by atoms with E-state index in [9.17, 15) is 0 Å². The van der Waals surface area contributed by atoms with Crippen LogP contribution in [0.15, 0.2) is 18.2 Å². The largest absolute Gasteiger partial charge is 0.377 e. The molecular weight excluding hydrogens is 281 g/mol. The van der Waals surface area contributed by atoms with Gasteiger partial charge in [-0.2, -0.15) is 0 Å². The molecule has 0 spiro atoms. The van der Waals surface area contributed by atoms with Crippen LogP contribution in [0.4, 0.5) is 0 Å². The molecule has 2 atom stereocenters. The van der Waals surface area contributed by atoms with Gasteiger partial charge in [0.25, 0.3) is 0 Å². The van der Waals surface area contributed by atoms with Crippen LogP contribution in [-0.2, 0) is 11.2 Å². The van der Waals surface area contributed by atoms with E-state index in [0.29, 0.717) is 28.1 Å². The Kier molecular flexibility index (Phi) is 5.52. The van der Waals surface area contributed by atoms with E-state index >= 15 is 0 Å². The molecule has 1 fully saturated rings. The van der Waals surface area contributed by atoms with Crippen LogP contribution >= 0.6 is 23.2 Å². The highest BCUT2D eigenvalue weighted by atomic mass is 35.5. The SMILES string of the molecule is CCOC(C1CC1)C(Cc1ccc(Cl)c(Cl)c1)NC. The lowest BCUT2D eigenvalue weighted by molar-refractivity contribution is 0.0211. The van der Waals surface area contributed by atoms with Crippen LogP contribution in [0.5, 0.6) is 0 Å². The number of hydrogen-bond acceptors (Lipinski definition) is 2. The maximum Gasteiger partial charge on any atom is 0.0759 e. The molecule has 0 saturated heterocycles. The topological polar surface area (TPSA) is 21.3 Å². The van der Waals surface area contributed by atoms with Crippen molar-refractivity contribution in [2.24, 2.45) is 5.92 Å². The van der Waals surface area contributed by atoms with E-state index in [0.717, 1.165) is 13.0 Å². The van der Waals surface area contributed by atoms with Gasteiger partial charge in [0.15, 0.2) is 0 Å². The van der Waals surface area contributed by atoms with Crippen LogP contribution in [0.1, 0.15) is 25.3 Å². The molecule has 2 unspecified atom stereocenters. The van der Waals surface area contributed by atoms with Gasteiger partial charge in [0, 0.05) is 12.6 Å². The zero-order chi connectivity index (χ0) is 13.8. The molecule has 0 heterocycles. The van der Waals surface area contributed by atoms with E-state index in [1.54, 1.807) is 0 Å². The predicted octanol–water partition coefficient (Wildman–Crippen LogP) is 3.94. The molecule has 0 radical (unpaired) electrons. The summed E-state index contributed by atoms with van der Waals surface area (Å²) in [4.78, 5) is 0. The van der Waals surface area contributed by atoms with Crippen molar-refractivity contribution in [1.29, 1.82) is 0 Å². The first kappa shape index (κ1) is 15.1. The number of rotatable bonds is 7. The Bertz CT molecular complexity index is 421. The number of halogens is 2. The highest BCUT2D eigenvalue weighted by Gasteiger charge is 2.36. The molecule has 1 aromatic rings. The quantitative estimate of drug-likeness (QED) is 0.824. The Balaban J connectivity index is 2.06. The lowest BCUT2D eigenvalue weighted by Gasteiger charge is -2.27. The monoisotopic (exact) mass is 301 g/mol. The number of ether oxygens (including phenoxy) is 1. The van der Waals surface area contributed by atoms with Gasteiger partial charge >= 0.3 is 0 Å². The fourth-order valence-corrected chi connectivity index (χ4v) is 2.82. The van der Waals surface area contributed by atoms with Crippen molar-refractivity contribution in [3.63, 3.8) is 0 Å². The third-order valence-electron chi connectivity index (χ3n) is 3.65. The summed E-state index contributed by atoms with van der Waals surface area (Å²) < 4.78 is 5.92. The zero-order valence-electron chi connectivity index (χ0n) is 11.5. The lowest BCUT2D eigenvalue weighted by Crippen LogP contribution is -2.42. The van der Waals surface area contributed by atoms with Gasteiger partial charge in [0.1, 0.15) is 0 Å². The molecule has 19 heavy (non-hydrogen) atoms. The zero-order valence-corrected chi connectivity index (χ0v) is 13.0. The maximum absolute atomic E-state index is 6.07. The fourth-order valence-electron chi connectivity index (χ4n) is 2.50. The van der Waals surface area contributed by atoms with Gasteiger partial charge < -0.3 is 10.1 Å². The molecule has 0 bridgehead atoms. The van der Waals surface area contributed by atoms with E-state index in [1.165, 1.54) is 18.4 Å². The Labute approximate surface area is 125 Å². The Hall–Kier alpha value is -0.280. The van der Waals surface area contributed by atoms with Gasteiger partial charge in [0.2, 0.25) is 0 Å². The van der Waals surface area contributed by atoms with Crippen molar-refractivity contribution in [3.8, 4) is 0 Å². The fraction of sp³-hybridized carbons (Fsp3) is 0.600. The lowest BCUT2D eigenvalue weighted by atomic mass is 9.98. The van der Waals surface area contributed by atoms with Gasteiger partial charge in [-0.25, -0.2) is 0 Å². The van der Waals surface area contributed by atoms with E-state index in [2.05, 4.69) is 12.2 Å². The van der Waals surface area contributed by atoms with Crippen molar-refractivity contribution in [2.45, 2.75) is 38.3 Å². The molecule has 2 rings (SSSR count). The minimum absolute atomic E-state index is 0.296. The second kappa shape index (κ2) is 6.94. The summed E-state index contributed by atoms with van der Waals surface area (Å²) in [5, 5.41) is 4.62. The highest BCUT2D eigenvalue weighted by molar-refractivity contribution is 6.42. The molecule has 0 aromatic heterocycles. The first-order valence-corrected chi connectivity index (χ1v) is 7.64. The van der Waals surface area contributed by atoms with Gasteiger partial charge in [-0.3, -0.25) is 0 Å². The van der Waals surface area contributed by atoms with Crippen LogP contribution < -0.4 is 5.32 Å². The number of likely N-dealkylation sites (N-methyl/N-ethyl adjacent to an activating group) is 1. The first-order chi connectivity index (χ1) is 9.15. The highest BCUT2D eigenvalue weighted by Crippen LogP contribution is 2.36. The average molecular weight is 302 g/mol. The first-order valence-electron chi connectivity index (χ1n) is 6.88. The average Bonchev–Trinajstić information content (AvgIpc) is 3.22. The van der Waals surface area contributed by atoms with Crippen molar-refractivity contribution in [1.82, 2.24) is 5.32 Å². The summed E-state index contributed by atoms with van der Waals surface area (Å²) in [6.07, 6.45) is 3.77. The molecule has 1 aromatic carbocycles. The third-order valence-corrected chi connectivity index (χ3v) is 4.39. The molecule has 1 aliphatic carbocycles. The summed E-state index contributed by atoms with van der Waals surface area (Å²) in [6, 6.07) is 6.17. The van der Waals surface area contributed by atoms with Crippen LogP contribution in [0.3, 0.4) is 0 Å². The van der Waals surface area contributed by atoms with E-state index < -0.39 is 0 Å². The predicted molar refractivity (Wildman–Crippen MR) is 81.2 cm³/mol. The maximum atomic E-state index is 6.07. The summed E-state index contributed by atoms with van der Waals surface area (Å²) in [7, 11) is 2.00. The number of nitrogens with one attached hydrogen (secondary N) is 1. The summed E-state index contributed by atoms with van der Waals surface area (Å²) in [6.45, 7) is 2.82. The van der Waals surface area contributed by atoms with Gasteiger partial charge in [0.05, 0.1) is 16.1 Å². The molecule has 2 nitrogen and oxygen atoms in total. The van der Waals surface area contributed by atoms with E-state index in [4.69, 9.17) is 27.9 Å². The van der Waals surface area contributed by atoms with Gasteiger partial charge in [-0.05, 0) is 56.8 Å². The molecule has 0 aliphatic heterocycles. The molecule has 106 valence electrons. The second-order valence-corrected chi connectivity index (χ2v) is 5.92. The molecule has 1 aliphatic rings. The summed E-state index contributed by atoms with van der Waals surface area (Å²) in [5.74, 6) is 0.708. The van der Waals surface area contributed by atoms with Crippen molar-refractivity contribution >= 4 is 23.2 Å². The van der Waals surface area contributed by atoms with Crippen LogP contribution in [0, 0.1) is 5.92 Å². The van der Waals surface area contributed by atoms with Crippen molar-refractivity contribution in [2.75, 3.05) is 13.7 Å². The van der Waals surface area contributed by atoms with Crippen molar-refractivity contribution in [3.05, 3.63) is 33.8 Å². The van der Waals surface area contributed by atoms with Crippen LogP contribution in [0.25, 0.3) is 0 Å². The molecular formula is C15H21Cl2NO. The molecule has 1 N–H and O–H groups in total. The Morgan fingerprint density at radius 2 is 2.05 bits per heavy atom. The standard InChI is InChI=1S/C15H21Cl2NO/c1-3-19-15(11-5-6-11)14(18-2)9-10-4-7-12(16)13(17)8-10/h4,7-8,11,14-15,18H,3,5-6,9H2,1-2H3. The Morgan fingerprint density at radius 3 is 2.58 bits per heavy atom. The minimum atomic E-state index is 0.296. The molecule has 0 amide bonds. The van der Waals surface area contributed by atoms with E-state index in [1.807, 2.05) is 25.2 Å². The molecule has 4 heteroatoms. The third kappa shape index (κ3) is 4.09. The number of hydrogen-bond donors (Lipinski definition) is 1.